The zero-order valence-corrected chi connectivity index (χ0v) is 11.4. The van der Waals surface area contributed by atoms with Gasteiger partial charge in [0.05, 0.1) is 27.6 Å². The second kappa shape index (κ2) is 4.82. The van der Waals surface area contributed by atoms with Crippen molar-refractivity contribution in [3.05, 3.63) is 46.7 Å². The third-order valence-electron chi connectivity index (χ3n) is 2.77. The van der Waals surface area contributed by atoms with E-state index < -0.39 is 6.03 Å². The van der Waals surface area contributed by atoms with Gasteiger partial charge in [0.1, 0.15) is 5.69 Å². The van der Waals surface area contributed by atoms with Crippen molar-refractivity contribution < 1.29 is 10.0 Å². The Hall–Kier alpha value is -2.02. The monoisotopic (exact) mass is 310 g/mol. The maximum Gasteiger partial charge on any atom is 0.347 e. The van der Waals surface area contributed by atoms with Crippen LogP contribution in [0.5, 0.6) is 0 Å². The smallest absolute Gasteiger partial charge is 0.304 e. The summed E-state index contributed by atoms with van der Waals surface area (Å²) in [6.45, 7) is 0. The van der Waals surface area contributed by atoms with E-state index in [9.17, 15) is 10.0 Å². The van der Waals surface area contributed by atoms with E-state index in [-0.39, 0.29) is 10.0 Å². The molecule has 1 aliphatic heterocycles. The Kier molecular flexibility index (Phi) is 3.13. The first-order chi connectivity index (χ1) is 9.58. The Bertz CT molecular complexity index is 681. The number of carbonyl (C=O) groups is 1. The molecule has 6 nitrogen and oxygen atoms in total. The van der Waals surface area contributed by atoms with Crippen LogP contribution in [0.15, 0.2) is 36.7 Å². The van der Waals surface area contributed by atoms with Gasteiger partial charge in [-0.05, 0) is 24.3 Å². The molecular weight excluding hydrogens is 303 g/mol. The number of hydrazine groups is 1. The van der Waals surface area contributed by atoms with Gasteiger partial charge in [0.2, 0.25) is 0 Å². The molecule has 20 heavy (non-hydrogen) atoms. The lowest BCUT2D eigenvalue weighted by Crippen LogP contribution is -2.51. The summed E-state index contributed by atoms with van der Waals surface area (Å²) < 4.78 is 0. The SMILES string of the molecule is O=C1Nc2cc(Cl)c(Cl)cc2N(O)N1c1cccnc1. The van der Waals surface area contributed by atoms with Crippen LogP contribution in [0.25, 0.3) is 0 Å². The number of aromatic nitrogens is 1. The topological polar surface area (TPSA) is 68.7 Å². The molecule has 2 N–H and O–H groups in total. The van der Waals surface area contributed by atoms with E-state index in [1.54, 1.807) is 18.3 Å². The van der Waals surface area contributed by atoms with Crippen LogP contribution in [0, 0.1) is 0 Å². The average Bonchev–Trinajstić information content (AvgIpc) is 2.43. The van der Waals surface area contributed by atoms with Crippen molar-refractivity contribution in [2.45, 2.75) is 0 Å². The predicted octanol–water partition coefficient (Wildman–Crippen LogP) is 3.55. The van der Waals surface area contributed by atoms with Crippen LogP contribution in [0.3, 0.4) is 0 Å². The molecule has 0 fully saturated rings. The third kappa shape index (κ3) is 2.03. The first kappa shape index (κ1) is 13.0. The normalized spacial score (nSPS) is 14.1. The number of anilines is 3. The Morgan fingerprint density at radius 1 is 1.25 bits per heavy atom. The second-order valence-electron chi connectivity index (χ2n) is 4.03. The van der Waals surface area contributed by atoms with Crippen LogP contribution >= 0.6 is 23.2 Å². The highest BCUT2D eigenvalue weighted by Crippen LogP contribution is 2.38. The molecule has 0 atom stereocenters. The second-order valence-corrected chi connectivity index (χ2v) is 4.84. The lowest BCUT2D eigenvalue weighted by molar-refractivity contribution is 0.221. The quantitative estimate of drug-likeness (QED) is 0.845. The van der Waals surface area contributed by atoms with Crippen molar-refractivity contribution >= 4 is 46.3 Å². The minimum absolute atomic E-state index is 0.270. The number of nitrogens with zero attached hydrogens (tertiary/aromatic N) is 3. The van der Waals surface area contributed by atoms with Gasteiger partial charge in [-0.3, -0.25) is 10.2 Å². The van der Waals surface area contributed by atoms with Crippen LogP contribution < -0.4 is 15.5 Å². The fourth-order valence-electron chi connectivity index (χ4n) is 1.87. The zero-order valence-electron chi connectivity index (χ0n) is 9.92. The number of carbonyl (C=O) groups excluding carboxylic acids is 1. The molecule has 2 aromatic rings. The highest BCUT2D eigenvalue weighted by molar-refractivity contribution is 6.42. The number of rotatable bonds is 1. The molecule has 102 valence electrons. The van der Waals surface area contributed by atoms with Crippen molar-refractivity contribution in [1.29, 1.82) is 0 Å². The van der Waals surface area contributed by atoms with Crippen LogP contribution in [-0.4, -0.2) is 16.2 Å². The Morgan fingerprint density at radius 2 is 2.00 bits per heavy atom. The van der Waals surface area contributed by atoms with Gasteiger partial charge in [-0.15, -0.1) is 0 Å². The minimum Gasteiger partial charge on any atom is -0.304 e. The maximum atomic E-state index is 12.1. The fourth-order valence-corrected chi connectivity index (χ4v) is 2.19. The van der Waals surface area contributed by atoms with Gasteiger partial charge in [0, 0.05) is 6.20 Å². The average molecular weight is 311 g/mol. The summed E-state index contributed by atoms with van der Waals surface area (Å²) >= 11 is 11.8. The number of fused-ring (bicyclic) bond motifs is 1. The van der Waals surface area contributed by atoms with Crippen molar-refractivity contribution in [2.75, 3.05) is 15.5 Å². The molecule has 1 aromatic heterocycles. The highest BCUT2D eigenvalue weighted by atomic mass is 35.5. The molecule has 0 aliphatic carbocycles. The molecule has 0 unspecified atom stereocenters. The molecule has 3 rings (SSSR count). The summed E-state index contributed by atoms with van der Waals surface area (Å²) in [5, 5.41) is 15.1. The summed E-state index contributed by atoms with van der Waals surface area (Å²) in [6, 6.07) is 5.69. The number of benzene rings is 1. The van der Waals surface area contributed by atoms with Crippen LogP contribution in [0.2, 0.25) is 10.0 Å². The first-order valence-electron chi connectivity index (χ1n) is 5.57. The van der Waals surface area contributed by atoms with E-state index in [1.807, 2.05) is 0 Å². The summed E-state index contributed by atoms with van der Waals surface area (Å²) in [6.07, 6.45) is 3.02. The number of hydrogen-bond donors (Lipinski definition) is 2. The molecule has 0 radical (unpaired) electrons. The summed E-state index contributed by atoms with van der Waals surface area (Å²) in [5.41, 5.74) is 1.08. The molecule has 1 aliphatic rings. The van der Waals surface area contributed by atoms with Crippen LogP contribution in [0.4, 0.5) is 21.9 Å². The number of urea groups is 1. The number of amides is 2. The molecule has 2 amide bonds. The molecule has 0 saturated carbocycles. The maximum absolute atomic E-state index is 12.1. The Labute approximate surface area is 124 Å². The molecule has 2 heterocycles. The third-order valence-corrected chi connectivity index (χ3v) is 3.49. The molecule has 0 bridgehead atoms. The molecule has 0 spiro atoms. The molecule has 1 aromatic carbocycles. The first-order valence-corrected chi connectivity index (χ1v) is 6.32. The summed E-state index contributed by atoms with van der Waals surface area (Å²) in [5.74, 6) is 0. The standard InChI is InChI=1S/C12H8Cl2N4O2/c13-8-4-10-11(5-9(8)14)18(20)17(12(19)16-10)7-2-1-3-15-6-7/h1-6,20H,(H,16,19). The van der Waals surface area contributed by atoms with Crippen LogP contribution in [0.1, 0.15) is 0 Å². The van der Waals surface area contributed by atoms with Gasteiger partial charge >= 0.3 is 6.03 Å². The number of nitrogens with one attached hydrogen (secondary N) is 1. The van der Waals surface area contributed by atoms with E-state index >= 15 is 0 Å². The lowest BCUT2D eigenvalue weighted by atomic mass is 10.2. The van der Waals surface area contributed by atoms with Crippen LogP contribution in [-0.2, 0) is 0 Å². The number of pyridine rings is 1. The van der Waals surface area contributed by atoms with Gasteiger partial charge in [-0.2, -0.15) is 10.2 Å². The fraction of sp³-hybridized carbons (Fsp3) is 0. The van der Waals surface area contributed by atoms with Gasteiger partial charge in [-0.1, -0.05) is 23.2 Å². The highest BCUT2D eigenvalue weighted by Gasteiger charge is 2.31. The Balaban J connectivity index is 2.09. The van der Waals surface area contributed by atoms with E-state index in [0.717, 1.165) is 5.01 Å². The van der Waals surface area contributed by atoms with Crippen molar-refractivity contribution in [1.82, 2.24) is 4.98 Å². The minimum atomic E-state index is -0.536. The zero-order chi connectivity index (χ0) is 14.3. The van der Waals surface area contributed by atoms with Gasteiger partial charge < -0.3 is 5.32 Å². The van der Waals surface area contributed by atoms with Gasteiger partial charge in [0.15, 0.2) is 0 Å². The van der Waals surface area contributed by atoms with Gasteiger partial charge in [-0.25, -0.2) is 4.79 Å². The van der Waals surface area contributed by atoms with E-state index in [1.165, 1.54) is 18.3 Å². The summed E-state index contributed by atoms with van der Waals surface area (Å²) in [7, 11) is 0. The number of halogens is 2. The van der Waals surface area contributed by atoms with Crippen molar-refractivity contribution in [3.8, 4) is 0 Å². The van der Waals surface area contributed by atoms with E-state index in [2.05, 4.69) is 10.3 Å². The molecule has 0 saturated heterocycles. The van der Waals surface area contributed by atoms with E-state index in [0.29, 0.717) is 22.2 Å². The van der Waals surface area contributed by atoms with Crippen molar-refractivity contribution in [3.63, 3.8) is 0 Å². The summed E-state index contributed by atoms with van der Waals surface area (Å²) in [4.78, 5) is 16.0. The number of hydrogen-bond acceptors (Lipinski definition) is 4. The molecular formula is C12H8Cl2N4O2. The van der Waals surface area contributed by atoms with Gasteiger partial charge in [0.25, 0.3) is 0 Å². The largest absolute Gasteiger partial charge is 0.347 e. The lowest BCUT2D eigenvalue weighted by Gasteiger charge is -2.36. The Morgan fingerprint density at radius 3 is 2.70 bits per heavy atom. The predicted molar refractivity (Wildman–Crippen MR) is 76.5 cm³/mol. The molecule has 8 heteroatoms. The van der Waals surface area contributed by atoms with Crippen molar-refractivity contribution in [2.24, 2.45) is 0 Å². The van der Waals surface area contributed by atoms with E-state index in [4.69, 9.17) is 23.2 Å².